The highest BCUT2D eigenvalue weighted by molar-refractivity contribution is 7.88. The van der Waals surface area contributed by atoms with Crippen molar-refractivity contribution in [1.82, 2.24) is 4.72 Å². The number of benzene rings is 2. The van der Waals surface area contributed by atoms with Crippen LogP contribution >= 0.6 is 0 Å². The minimum Gasteiger partial charge on any atom is -0.497 e. The molecule has 2 aromatic carbocycles. The predicted octanol–water partition coefficient (Wildman–Crippen LogP) is 2.72. The molecule has 0 saturated carbocycles. The molecule has 0 aliphatic rings. The van der Waals surface area contributed by atoms with E-state index in [1.165, 1.54) is 18.2 Å². The second-order valence-electron chi connectivity index (χ2n) is 5.36. The molecule has 0 amide bonds. The van der Waals surface area contributed by atoms with E-state index in [2.05, 4.69) is 4.72 Å². The molecule has 0 heterocycles. The van der Waals surface area contributed by atoms with E-state index in [0.29, 0.717) is 11.5 Å². The van der Waals surface area contributed by atoms with Crippen molar-refractivity contribution in [3.05, 3.63) is 59.9 Å². The second-order valence-corrected chi connectivity index (χ2v) is 7.11. The molecule has 0 saturated heterocycles. The molecule has 0 bridgehead atoms. The van der Waals surface area contributed by atoms with Gasteiger partial charge >= 0.3 is 0 Å². The summed E-state index contributed by atoms with van der Waals surface area (Å²) >= 11 is 0. The van der Waals surface area contributed by atoms with Crippen LogP contribution in [-0.4, -0.2) is 28.2 Å². The Labute approximate surface area is 141 Å². The van der Waals surface area contributed by atoms with E-state index in [1.54, 1.807) is 44.4 Å². The molecule has 1 N–H and O–H groups in total. The molecule has 0 aliphatic heterocycles. The van der Waals surface area contributed by atoms with Crippen molar-refractivity contribution in [2.45, 2.75) is 18.7 Å². The summed E-state index contributed by atoms with van der Waals surface area (Å²) in [6, 6.07) is 12.3. The molecule has 0 spiro atoms. The number of halogens is 1. The summed E-state index contributed by atoms with van der Waals surface area (Å²) < 4.78 is 50.8. The number of hydrogen-bond donors (Lipinski definition) is 1. The number of ether oxygens (including phenoxy) is 2. The summed E-state index contributed by atoms with van der Waals surface area (Å²) in [7, 11) is -2.09. The number of hydrogen-bond acceptors (Lipinski definition) is 4. The van der Waals surface area contributed by atoms with Crippen molar-refractivity contribution in [1.29, 1.82) is 0 Å². The normalized spacial score (nSPS) is 12.6. The van der Waals surface area contributed by atoms with Crippen molar-refractivity contribution >= 4 is 10.0 Å². The van der Waals surface area contributed by atoms with Gasteiger partial charge in [0, 0.05) is 5.56 Å². The summed E-state index contributed by atoms with van der Waals surface area (Å²) in [5, 5.41) is 0. The maximum absolute atomic E-state index is 13.6. The van der Waals surface area contributed by atoms with Crippen molar-refractivity contribution in [3.8, 4) is 11.5 Å². The Kier molecular flexibility index (Phi) is 6.16. The lowest BCUT2D eigenvalue weighted by molar-refractivity contribution is 0.287. The Morgan fingerprint density at radius 1 is 1.08 bits per heavy atom. The van der Waals surface area contributed by atoms with Gasteiger partial charge in [-0.05, 0) is 37.3 Å². The van der Waals surface area contributed by atoms with Crippen LogP contribution in [-0.2, 0) is 15.8 Å². The maximum atomic E-state index is 13.6. The van der Waals surface area contributed by atoms with Crippen molar-refractivity contribution in [2.24, 2.45) is 0 Å². The van der Waals surface area contributed by atoms with Gasteiger partial charge in [0.2, 0.25) is 10.0 Å². The molecule has 0 fully saturated rings. The van der Waals surface area contributed by atoms with Gasteiger partial charge in [0.05, 0.1) is 18.9 Å². The molecule has 2 aromatic rings. The quantitative estimate of drug-likeness (QED) is 0.792. The molecule has 2 rings (SSSR count). The van der Waals surface area contributed by atoms with Gasteiger partial charge in [-0.1, -0.05) is 18.2 Å². The molecular weight excluding hydrogens is 333 g/mol. The van der Waals surface area contributed by atoms with Crippen LogP contribution in [0.1, 0.15) is 12.5 Å². The molecule has 0 aliphatic carbocycles. The van der Waals surface area contributed by atoms with E-state index in [0.717, 1.165) is 0 Å². The van der Waals surface area contributed by atoms with Gasteiger partial charge in [-0.3, -0.25) is 0 Å². The molecule has 130 valence electrons. The summed E-state index contributed by atoms with van der Waals surface area (Å²) in [5.74, 6) is 0.369. The fourth-order valence-corrected chi connectivity index (χ4v) is 3.50. The summed E-state index contributed by atoms with van der Waals surface area (Å²) in [6.45, 7) is 1.84. The van der Waals surface area contributed by atoms with Crippen molar-refractivity contribution < 1.29 is 22.3 Å². The van der Waals surface area contributed by atoms with Crippen LogP contribution < -0.4 is 14.2 Å². The van der Waals surface area contributed by atoms with Crippen molar-refractivity contribution in [2.75, 3.05) is 13.7 Å². The smallest absolute Gasteiger partial charge is 0.216 e. The Hall–Kier alpha value is -2.12. The highest BCUT2D eigenvalue weighted by Gasteiger charge is 2.17. The van der Waals surface area contributed by atoms with Crippen LogP contribution in [0.25, 0.3) is 0 Å². The van der Waals surface area contributed by atoms with E-state index in [9.17, 15) is 12.8 Å². The van der Waals surface area contributed by atoms with E-state index in [1.807, 2.05) is 0 Å². The monoisotopic (exact) mass is 353 g/mol. The zero-order valence-corrected chi connectivity index (χ0v) is 14.3. The van der Waals surface area contributed by atoms with Gasteiger partial charge < -0.3 is 9.47 Å². The lowest BCUT2D eigenvalue weighted by atomic mass is 10.2. The number of rotatable bonds is 8. The van der Waals surface area contributed by atoms with Gasteiger partial charge in [-0.2, -0.15) is 0 Å². The molecule has 5 nitrogen and oxygen atoms in total. The molecule has 1 atom stereocenters. The third-order valence-electron chi connectivity index (χ3n) is 3.24. The fraction of sp³-hybridized carbons (Fsp3) is 0.294. The molecular formula is C17H20FNO4S. The second kappa shape index (κ2) is 8.12. The number of nitrogens with one attached hydrogen (secondary N) is 1. The minimum absolute atomic E-state index is 0.133. The van der Waals surface area contributed by atoms with E-state index < -0.39 is 27.6 Å². The number of methoxy groups -OCH3 is 1. The average Bonchev–Trinajstić information content (AvgIpc) is 2.55. The lowest BCUT2D eigenvalue weighted by Gasteiger charge is -2.15. The van der Waals surface area contributed by atoms with Crippen LogP contribution in [0.4, 0.5) is 4.39 Å². The van der Waals surface area contributed by atoms with Crippen LogP contribution in [0.5, 0.6) is 11.5 Å². The zero-order valence-electron chi connectivity index (χ0n) is 13.5. The summed E-state index contributed by atoms with van der Waals surface area (Å²) in [6.07, 6.45) is 0. The topological polar surface area (TPSA) is 64.6 Å². The summed E-state index contributed by atoms with van der Waals surface area (Å²) in [5.41, 5.74) is 0.133. The molecule has 0 radical (unpaired) electrons. The van der Waals surface area contributed by atoms with Crippen LogP contribution in [0.2, 0.25) is 0 Å². The van der Waals surface area contributed by atoms with Crippen LogP contribution in [0.15, 0.2) is 48.5 Å². The zero-order chi connectivity index (χ0) is 17.6. The maximum Gasteiger partial charge on any atom is 0.216 e. The molecule has 7 heteroatoms. The van der Waals surface area contributed by atoms with Crippen molar-refractivity contribution in [3.63, 3.8) is 0 Å². The van der Waals surface area contributed by atoms with E-state index >= 15 is 0 Å². The first kappa shape index (κ1) is 18.2. The highest BCUT2D eigenvalue weighted by Crippen LogP contribution is 2.17. The first-order valence-electron chi connectivity index (χ1n) is 7.40. The third-order valence-corrected chi connectivity index (χ3v) is 4.70. The van der Waals surface area contributed by atoms with E-state index in [4.69, 9.17) is 9.47 Å². The highest BCUT2D eigenvalue weighted by atomic mass is 32.2. The van der Waals surface area contributed by atoms with Gasteiger partial charge in [-0.15, -0.1) is 0 Å². The lowest BCUT2D eigenvalue weighted by Crippen LogP contribution is -2.37. The van der Waals surface area contributed by atoms with Gasteiger partial charge in [-0.25, -0.2) is 17.5 Å². The van der Waals surface area contributed by atoms with Gasteiger partial charge in [0.1, 0.15) is 23.9 Å². The Morgan fingerprint density at radius 3 is 2.33 bits per heavy atom. The molecule has 0 aromatic heterocycles. The van der Waals surface area contributed by atoms with Crippen LogP contribution in [0, 0.1) is 5.82 Å². The van der Waals surface area contributed by atoms with Crippen LogP contribution in [0.3, 0.4) is 0 Å². The fourth-order valence-electron chi connectivity index (χ4n) is 2.10. The Balaban J connectivity index is 1.88. The molecule has 0 unspecified atom stereocenters. The first-order valence-corrected chi connectivity index (χ1v) is 9.05. The number of sulfonamides is 1. The predicted molar refractivity (Wildman–Crippen MR) is 90.1 cm³/mol. The van der Waals surface area contributed by atoms with E-state index in [-0.39, 0.29) is 12.2 Å². The Bertz CT molecular complexity index is 762. The largest absolute Gasteiger partial charge is 0.497 e. The third kappa shape index (κ3) is 5.50. The summed E-state index contributed by atoms with van der Waals surface area (Å²) in [4.78, 5) is 0. The SMILES string of the molecule is COc1ccc(OC[C@@H](C)NS(=O)(=O)Cc2ccccc2F)cc1. The molecule has 24 heavy (non-hydrogen) atoms. The first-order chi connectivity index (χ1) is 11.4. The minimum atomic E-state index is -3.66. The standard InChI is InChI=1S/C17H20FNO4S/c1-13(11-23-16-9-7-15(22-2)8-10-16)19-24(20,21)12-14-5-3-4-6-17(14)18/h3-10,13,19H,11-12H2,1-2H3/t13-/m1/s1. The van der Waals surface area contributed by atoms with Gasteiger partial charge in [0.25, 0.3) is 0 Å². The van der Waals surface area contributed by atoms with Gasteiger partial charge in [0.15, 0.2) is 0 Å². The Morgan fingerprint density at radius 2 is 1.71 bits per heavy atom. The average molecular weight is 353 g/mol.